The van der Waals surface area contributed by atoms with Crippen LogP contribution >= 0.6 is 0 Å². The molecule has 4 fully saturated rings. The number of fused-ring (bicyclic) bond motifs is 2. The molecule has 0 heterocycles. The van der Waals surface area contributed by atoms with Crippen LogP contribution in [0.5, 0.6) is 0 Å². The first-order chi connectivity index (χ1) is 14.1. The Hall–Kier alpha value is -0.660. The second-order valence-corrected chi connectivity index (χ2v) is 12.4. The van der Waals surface area contributed by atoms with Crippen molar-refractivity contribution in [3.8, 4) is 0 Å². The molecule has 0 aromatic rings. The lowest BCUT2D eigenvalue weighted by Gasteiger charge is -2.50. The molecule has 0 aromatic heterocycles. The molecule has 0 unspecified atom stereocenters. The molecule has 4 aliphatic carbocycles. The monoisotopic (exact) mass is 416 g/mol. The lowest BCUT2D eigenvalue weighted by molar-refractivity contribution is -0.125. The molecule has 4 rings (SSSR count). The Balaban J connectivity index is 0.000000171. The van der Waals surface area contributed by atoms with E-state index in [1.54, 1.807) is 13.8 Å². The first-order valence-corrected chi connectivity index (χ1v) is 13.1. The summed E-state index contributed by atoms with van der Waals surface area (Å²) in [5, 5.41) is 0. The van der Waals surface area contributed by atoms with Gasteiger partial charge in [-0.3, -0.25) is 9.59 Å². The van der Waals surface area contributed by atoms with Gasteiger partial charge in [0.2, 0.25) is 0 Å². The van der Waals surface area contributed by atoms with E-state index in [4.69, 9.17) is 0 Å². The van der Waals surface area contributed by atoms with Gasteiger partial charge in [0.1, 0.15) is 11.6 Å². The molecule has 0 amide bonds. The highest BCUT2D eigenvalue weighted by Crippen LogP contribution is 2.54. The fourth-order valence-electron chi connectivity index (χ4n) is 8.05. The SMILES string of the molecule is CC(=O)[C@@H]1CC[C@@]2(C)CCC[C@H](C)[C@H]2C1.CC(=O)[C@H]1CC[C@@]2(C)CCC[C@H](C)[C@H]2C1. The van der Waals surface area contributed by atoms with Gasteiger partial charge >= 0.3 is 0 Å². The molecular weight excluding hydrogens is 368 g/mol. The van der Waals surface area contributed by atoms with E-state index >= 15 is 0 Å². The van der Waals surface area contributed by atoms with Gasteiger partial charge in [-0.05, 0) is 99.7 Å². The minimum Gasteiger partial charge on any atom is -0.300 e. The predicted molar refractivity (Wildman–Crippen MR) is 125 cm³/mol. The molecule has 2 heteroatoms. The third kappa shape index (κ3) is 5.04. The maximum Gasteiger partial charge on any atom is 0.132 e. The molecule has 4 aliphatic rings. The van der Waals surface area contributed by atoms with Gasteiger partial charge in [-0.2, -0.15) is 0 Å². The first-order valence-electron chi connectivity index (χ1n) is 13.1. The van der Waals surface area contributed by atoms with Crippen molar-refractivity contribution < 1.29 is 9.59 Å². The van der Waals surface area contributed by atoms with Crippen LogP contribution in [0.25, 0.3) is 0 Å². The van der Waals surface area contributed by atoms with Gasteiger partial charge in [0.05, 0.1) is 0 Å². The number of hydrogen-bond donors (Lipinski definition) is 0. The lowest BCUT2D eigenvalue weighted by atomic mass is 9.55. The van der Waals surface area contributed by atoms with Gasteiger partial charge < -0.3 is 0 Å². The summed E-state index contributed by atoms with van der Waals surface area (Å²) < 4.78 is 0. The number of rotatable bonds is 2. The van der Waals surface area contributed by atoms with Gasteiger partial charge in [-0.1, -0.05) is 53.4 Å². The minimum atomic E-state index is 0.378. The van der Waals surface area contributed by atoms with Gasteiger partial charge in [0, 0.05) is 11.8 Å². The van der Waals surface area contributed by atoms with E-state index in [1.165, 1.54) is 64.2 Å². The van der Waals surface area contributed by atoms with Crippen molar-refractivity contribution in [2.75, 3.05) is 0 Å². The van der Waals surface area contributed by atoms with Crippen LogP contribution in [0.2, 0.25) is 0 Å². The minimum absolute atomic E-state index is 0.378. The zero-order chi connectivity index (χ0) is 22.1. The summed E-state index contributed by atoms with van der Waals surface area (Å²) in [5.74, 6) is 4.91. The van der Waals surface area contributed by atoms with E-state index in [9.17, 15) is 9.59 Å². The van der Waals surface area contributed by atoms with E-state index in [2.05, 4.69) is 27.7 Å². The zero-order valence-corrected chi connectivity index (χ0v) is 20.8. The smallest absolute Gasteiger partial charge is 0.132 e. The standard InChI is InChI=1S/2C14H24O/c2*1-10-5-4-7-14(3)8-6-12(11(2)15)9-13(10)14/h2*10,12-13H,4-9H2,1-3H3/t10-,12+,13+,14+;10-,12-,13+,14+/m00/s1. The van der Waals surface area contributed by atoms with Crippen LogP contribution in [-0.4, -0.2) is 11.6 Å². The van der Waals surface area contributed by atoms with Crippen molar-refractivity contribution >= 4 is 11.6 Å². The van der Waals surface area contributed by atoms with Crippen molar-refractivity contribution in [2.45, 2.75) is 119 Å². The lowest BCUT2D eigenvalue weighted by Crippen LogP contribution is -2.42. The number of carbonyl (C=O) groups is 2. The van der Waals surface area contributed by atoms with Crippen LogP contribution in [0.1, 0.15) is 119 Å². The fourth-order valence-corrected chi connectivity index (χ4v) is 8.05. The molecule has 0 radical (unpaired) electrons. The molecule has 0 bridgehead atoms. The third-order valence-electron chi connectivity index (χ3n) is 10.3. The van der Waals surface area contributed by atoms with Crippen molar-refractivity contribution in [1.82, 2.24) is 0 Å². The third-order valence-corrected chi connectivity index (χ3v) is 10.3. The van der Waals surface area contributed by atoms with Crippen LogP contribution in [-0.2, 0) is 9.59 Å². The number of Topliss-reactive ketones (excluding diaryl/α,β-unsaturated/α-hetero) is 2. The normalized spacial score (nSPS) is 45.9. The summed E-state index contributed by atoms with van der Waals surface area (Å²) in [4.78, 5) is 23.0. The Kier molecular flexibility index (Phi) is 7.56. The van der Waals surface area contributed by atoms with Crippen molar-refractivity contribution in [2.24, 2.45) is 46.3 Å². The Morgan fingerprint density at radius 2 is 1.00 bits per heavy atom. The predicted octanol–water partition coefficient (Wildman–Crippen LogP) is 7.64. The van der Waals surface area contributed by atoms with Crippen molar-refractivity contribution in [3.63, 3.8) is 0 Å². The number of hydrogen-bond acceptors (Lipinski definition) is 2. The van der Waals surface area contributed by atoms with E-state index in [0.717, 1.165) is 36.5 Å². The second-order valence-electron chi connectivity index (χ2n) is 12.4. The van der Waals surface area contributed by atoms with E-state index in [-0.39, 0.29) is 0 Å². The van der Waals surface area contributed by atoms with E-state index < -0.39 is 0 Å². The fraction of sp³-hybridized carbons (Fsp3) is 0.929. The maximum atomic E-state index is 11.5. The summed E-state index contributed by atoms with van der Waals surface area (Å²) in [7, 11) is 0. The average Bonchev–Trinajstić information content (AvgIpc) is 2.67. The van der Waals surface area contributed by atoms with E-state index in [0.29, 0.717) is 34.2 Å². The molecule has 2 nitrogen and oxygen atoms in total. The largest absolute Gasteiger partial charge is 0.300 e. The highest BCUT2D eigenvalue weighted by molar-refractivity contribution is 5.78. The molecule has 0 aromatic carbocycles. The van der Waals surface area contributed by atoms with Crippen LogP contribution in [0, 0.1) is 46.3 Å². The highest BCUT2D eigenvalue weighted by Gasteiger charge is 2.46. The molecule has 0 saturated heterocycles. The van der Waals surface area contributed by atoms with Gasteiger partial charge in [0.15, 0.2) is 0 Å². The van der Waals surface area contributed by atoms with Crippen LogP contribution in [0.4, 0.5) is 0 Å². The molecule has 4 saturated carbocycles. The first kappa shape index (κ1) is 24.0. The summed E-state index contributed by atoms with van der Waals surface area (Å²) in [6.45, 7) is 13.3. The van der Waals surface area contributed by atoms with Gasteiger partial charge in [-0.25, -0.2) is 0 Å². The maximum absolute atomic E-state index is 11.5. The summed E-state index contributed by atoms with van der Waals surface area (Å²) >= 11 is 0. The summed E-state index contributed by atoms with van der Waals surface area (Å²) in [5.41, 5.74) is 1.12. The molecule has 0 N–H and O–H groups in total. The van der Waals surface area contributed by atoms with Crippen LogP contribution < -0.4 is 0 Å². The Morgan fingerprint density at radius 1 is 0.633 bits per heavy atom. The number of ketones is 2. The molecule has 0 aliphatic heterocycles. The van der Waals surface area contributed by atoms with Crippen LogP contribution in [0.15, 0.2) is 0 Å². The highest BCUT2D eigenvalue weighted by atomic mass is 16.1. The average molecular weight is 417 g/mol. The van der Waals surface area contributed by atoms with Gasteiger partial charge in [0.25, 0.3) is 0 Å². The van der Waals surface area contributed by atoms with Gasteiger partial charge in [-0.15, -0.1) is 0 Å². The zero-order valence-electron chi connectivity index (χ0n) is 20.8. The Bertz CT molecular complexity index is 570. The quantitative estimate of drug-likeness (QED) is 0.463. The number of carbonyl (C=O) groups excluding carboxylic acids is 2. The molecule has 30 heavy (non-hydrogen) atoms. The summed E-state index contributed by atoms with van der Waals surface area (Å²) in [6, 6.07) is 0. The van der Waals surface area contributed by atoms with Crippen molar-refractivity contribution in [1.29, 1.82) is 0 Å². The summed E-state index contributed by atoms with van der Waals surface area (Å²) in [6.07, 6.45) is 15.6. The van der Waals surface area contributed by atoms with Crippen molar-refractivity contribution in [3.05, 3.63) is 0 Å². The van der Waals surface area contributed by atoms with E-state index in [1.807, 2.05) is 0 Å². The Labute approximate surface area is 186 Å². The second kappa shape index (κ2) is 9.45. The Morgan fingerprint density at radius 3 is 1.33 bits per heavy atom. The molecule has 172 valence electrons. The topological polar surface area (TPSA) is 34.1 Å². The molecule has 8 atom stereocenters. The molecule has 0 spiro atoms. The van der Waals surface area contributed by atoms with Crippen LogP contribution in [0.3, 0.4) is 0 Å². The molecular formula is C28H48O2.